The molecule has 13 heteroatoms. The van der Waals surface area contributed by atoms with Crippen LogP contribution >= 0.6 is 0 Å². The minimum Gasteiger partial charge on any atom is -0.679 e. The highest BCUT2D eigenvalue weighted by molar-refractivity contribution is 6.84. The first-order valence-electron chi connectivity index (χ1n) is 3.39. The Morgan fingerprint density at radius 1 is 0.769 bits per heavy atom. The van der Waals surface area contributed by atoms with Gasteiger partial charge in [-0.05, 0) is 0 Å². The van der Waals surface area contributed by atoms with Crippen molar-refractivity contribution in [3.63, 3.8) is 0 Å². The quantitative estimate of drug-likeness (QED) is 0.282. The standard InChI is InChI=1S/B4H4O9/c5-1-9-3(7)11-2(6)12-4(8,10-1)13-3/h5-8H/q-2. The summed E-state index contributed by atoms with van der Waals surface area (Å²) in [5, 5.41) is 35.9. The normalized spacial score (nSPS) is 45.2. The molecule has 2 rings (SSSR count). The molecule has 0 unspecified atom stereocenters. The third kappa shape index (κ3) is 1.74. The van der Waals surface area contributed by atoms with E-state index in [0.29, 0.717) is 0 Å². The molecule has 0 saturated carbocycles. The van der Waals surface area contributed by atoms with Crippen LogP contribution in [0.3, 0.4) is 0 Å². The van der Waals surface area contributed by atoms with Crippen molar-refractivity contribution in [1.82, 2.24) is 0 Å². The van der Waals surface area contributed by atoms with E-state index in [1.807, 2.05) is 0 Å². The number of hydrogen-bond donors (Lipinski definition) is 4. The second-order valence-corrected chi connectivity index (χ2v) is 2.50. The van der Waals surface area contributed by atoms with E-state index in [9.17, 15) is 10.0 Å². The van der Waals surface area contributed by atoms with Crippen molar-refractivity contribution in [2.24, 2.45) is 0 Å². The minimum absolute atomic E-state index is 1.96. The Balaban J connectivity index is 2.22. The SMILES string of the molecule is OB1O[B-]2(O)OB(O)O[B-](O)(O1)O2. The van der Waals surface area contributed by atoms with Gasteiger partial charge in [0.25, 0.3) is 0 Å². The maximum Gasteiger partial charge on any atom is 0.553 e. The van der Waals surface area contributed by atoms with Crippen LogP contribution in [0.1, 0.15) is 0 Å². The monoisotopic (exact) mass is 192 g/mol. The molecule has 2 bridgehead atoms. The van der Waals surface area contributed by atoms with E-state index in [1.165, 1.54) is 0 Å². The summed E-state index contributed by atoms with van der Waals surface area (Å²) in [7, 11) is -3.92. The zero-order valence-corrected chi connectivity index (χ0v) is 6.14. The van der Waals surface area contributed by atoms with Crippen molar-refractivity contribution in [1.29, 1.82) is 0 Å². The van der Waals surface area contributed by atoms with E-state index < -0.39 is 28.6 Å². The van der Waals surface area contributed by atoms with Crippen LogP contribution in [0.2, 0.25) is 0 Å². The molecule has 72 valence electrons. The Bertz CT molecular complexity index is 182. The van der Waals surface area contributed by atoms with E-state index in [2.05, 4.69) is 22.9 Å². The molecule has 0 spiro atoms. The molecule has 2 heterocycles. The first kappa shape index (κ1) is 9.45. The van der Waals surface area contributed by atoms with Gasteiger partial charge in [0.2, 0.25) is 0 Å². The first-order chi connectivity index (χ1) is 5.91. The lowest BCUT2D eigenvalue weighted by Gasteiger charge is -2.59. The molecular formula is H4B4O9-2. The van der Waals surface area contributed by atoms with Crippen molar-refractivity contribution < 1.29 is 43.0 Å². The Morgan fingerprint density at radius 2 is 1.08 bits per heavy atom. The summed E-state index contributed by atoms with van der Waals surface area (Å²) in [6.07, 6.45) is 0. The highest BCUT2D eigenvalue weighted by atomic mass is 17.0. The van der Waals surface area contributed by atoms with Gasteiger partial charge in [0.05, 0.1) is 0 Å². The van der Waals surface area contributed by atoms with Gasteiger partial charge in [-0.15, -0.1) is 0 Å². The van der Waals surface area contributed by atoms with Crippen LogP contribution in [0, 0.1) is 0 Å². The van der Waals surface area contributed by atoms with Crippen molar-refractivity contribution in [2.75, 3.05) is 0 Å². The second kappa shape index (κ2) is 2.70. The van der Waals surface area contributed by atoms with Crippen molar-refractivity contribution in [2.45, 2.75) is 0 Å². The van der Waals surface area contributed by atoms with Gasteiger partial charge in [-0.2, -0.15) is 0 Å². The van der Waals surface area contributed by atoms with Gasteiger partial charge in [-0.1, -0.05) is 0 Å². The summed E-state index contributed by atoms with van der Waals surface area (Å²) in [6, 6.07) is 0. The third-order valence-corrected chi connectivity index (χ3v) is 1.50. The predicted molar refractivity (Wildman–Crippen MR) is 37.3 cm³/mol. The van der Waals surface area contributed by atoms with Crippen molar-refractivity contribution in [3.8, 4) is 0 Å². The molecule has 0 aromatic rings. The van der Waals surface area contributed by atoms with Crippen LogP contribution in [0.15, 0.2) is 0 Å². The molecule has 13 heavy (non-hydrogen) atoms. The lowest BCUT2D eigenvalue weighted by molar-refractivity contribution is -0.0384. The Hall–Kier alpha value is -0.100. The van der Waals surface area contributed by atoms with E-state index in [4.69, 9.17) is 10.0 Å². The summed E-state index contributed by atoms with van der Waals surface area (Å²) in [5.74, 6) is 0. The fourth-order valence-electron chi connectivity index (χ4n) is 1.06. The number of fused-ring (bicyclic) bond motifs is 2. The van der Waals surface area contributed by atoms with E-state index in [0.717, 1.165) is 0 Å². The van der Waals surface area contributed by atoms with Gasteiger partial charge < -0.3 is 43.0 Å². The van der Waals surface area contributed by atoms with Crippen LogP contribution in [-0.2, 0) is 22.9 Å². The zero-order chi connectivity index (χ0) is 9.69. The van der Waals surface area contributed by atoms with Gasteiger partial charge in [0.1, 0.15) is 0 Å². The molecule has 2 aliphatic heterocycles. The second-order valence-electron chi connectivity index (χ2n) is 2.50. The minimum atomic E-state index is -3.45. The van der Waals surface area contributed by atoms with Crippen molar-refractivity contribution >= 4 is 28.6 Å². The Kier molecular flexibility index (Phi) is 1.96. The van der Waals surface area contributed by atoms with Gasteiger partial charge in [-0.3, -0.25) is 0 Å². The summed E-state index contributed by atoms with van der Waals surface area (Å²) in [4.78, 5) is 0. The fourth-order valence-corrected chi connectivity index (χ4v) is 1.06. The molecule has 0 atom stereocenters. The van der Waals surface area contributed by atoms with Crippen molar-refractivity contribution in [3.05, 3.63) is 0 Å². The number of hydrogen-bond acceptors (Lipinski definition) is 9. The van der Waals surface area contributed by atoms with Crippen LogP contribution in [0.4, 0.5) is 0 Å². The lowest BCUT2D eigenvalue weighted by Crippen LogP contribution is -2.74. The van der Waals surface area contributed by atoms with Crippen LogP contribution in [0.25, 0.3) is 0 Å². The molecule has 0 radical (unpaired) electrons. The van der Waals surface area contributed by atoms with Gasteiger partial charge in [-0.25, -0.2) is 0 Å². The molecule has 2 aliphatic rings. The average Bonchev–Trinajstić information content (AvgIpc) is 1.75. The molecule has 9 nitrogen and oxygen atoms in total. The predicted octanol–water partition coefficient (Wildman–Crippen LogP) is -4.09. The average molecular weight is 191 g/mol. The summed E-state index contributed by atoms with van der Waals surface area (Å²) >= 11 is 0. The molecule has 0 aromatic heterocycles. The molecule has 4 N–H and O–H groups in total. The first-order valence-corrected chi connectivity index (χ1v) is 3.39. The van der Waals surface area contributed by atoms with Gasteiger partial charge >= 0.3 is 28.6 Å². The lowest BCUT2D eigenvalue weighted by atomic mass is 9.81. The smallest absolute Gasteiger partial charge is 0.553 e. The van der Waals surface area contributed by atoms with E-state index >= 15 is 0 Å². The molecule has 2 saturated heterocycles. The summed E-state index contributed by atoms with van der Waals surface area (Å²) in [5.41, 5.74) is 0. The summed E-state index contributed by atoms with van der Waals surface area (Å²) < 4.78 is 21.1. The molecule has 2 fully saturated rings. The molecule has 0 amide bonds. The highest BCUT2D eigenvalue weighted by Crippen LogP contribution is 2.27. The molecule has 0 aliphatic carbocycles. The van der Waals surface area contributed by atoms with Gasteiger partial charge in [0.15, 0.2) is 0 Å². The number of rotatable bonds is 0. The molecular weight excluding hydrogens is 187 g/mol. The molecule has 0 aromatic carbocycles. The Labute approximate surface area is 72.6 Å². The maximum absolute atomic E-state index is 9.18. The third-order valence-electron chi connectivity index (χ3n) is 1.50. The van der Waals surface area contributed by atoms with E-state index in [-0.39, 0.29) is 0 Å². The van der Waals surface area contributed by atoms with Crippen LogP contribution in [-0.4, -0.2) is 48.7 Å². The van der Waals surface area contributed by atoms with E-state index in [1.54, 1.807) is 0 Å². The zero-order valence-electron chi connectivity index (χ0n) is 6.14. The summed E-state index contributed by atoms with van der Waals surface area (Å²) in [6.45, 7) is -6.90. The highest BCUT2D eigenvalue weighted by Gasteiger charge is 2.52. The maximum atomic E-state index is 9.18. The fraction of sp³-hybridized carbons (Fsp3) is 0. The van der Waals surface area contributed by atoms with Gasteiger partial charge in [0, 0.05) is 0 Å². The van der Waals surface area contributed by atoms with Crippen LogP contribution < -0.4 is 0 Å². The largest absolute Gasteiger partial charge is 0.679 e. The topological polar surface area (TPSA) is 127 Å². The van der Waals surface area contributed by atoms with Crippen LogP contribution in [0.5, 0.6) is 0 Å². The Morgan fingerprint density at radius 3 is 1.38 bits per heavy atom.